The number of methoxy groups -OCH3 is 2. The maximum atomic E-state index is 13.0. The van der Waals surface area contributed by atoms with E-state index in [4.69, 9.17) is 23.9 Å². The van der Waals surface area contributed by atoms with Crippen molar-refractivity contribution in [3.63, 3.8) is 0 Å². The number of thiophene rings is 1. The van der Waals surface area contributed by atoms with Crippen LogP contribution in [0.3, 0.4) is 0 Å². The Bertz CT molecular complexity index is 1450. The Kier molecular flexibility index (Phi) is 7.20. The van der Waals surface area contributed by atoms with Crippen molar-refractivity contribution >= 4 is 37.5 Å². The van der Waals surface area contributed by atoms with Crippen LogP contribution >= 0.6 is 27.3 Å². The summed E-state index contributed by atoms with van der Waals surface area (Å²) in [6, 6.07) is 11.1. The molecule has 1 N–H and O–H groups in total. The number of benzene rings is 2. The van der Waals surface area contributed by atoms with Crippen LogP contribution in [0.25, 0.3) is 21.6 Å². The van der Waals surface area contributed by atoms with E-state index < -0.39 is 0 Å². The molecule has 0 unspecified atom stereocenters. The second kappa shape index (κ2) is 10.5. The fourth-order valence-electron chi connectivity index (χ4n) is 4.46. The first-order valence-corrected chi connectivity index (χ1v) is 13.4. The van der Waals surface area contributed by atoms with E-state index in [2.05, 4.69) is 27.8 Å². The van der Waals surface area contributed by atoms with Crippen LogP contribution in [0.4, 0.5) is 0 Å². The van der Waals surface area contributed by atoms with Gasteiger partial charge in [-0.3, -0.25) is 4.79 Å². The van der Waals surface area contributed by atoms with Crippen LogP contribution in [0.1, 0.15) is 23.8 Å². The summed E-state index contributed by atoms with van der Waals surface area (Å²) in [4.78, 5) is 22.9. The summed E-state index contributed by atoms with van der Waals surface area (Å²) >= 11 is 5.23. The third-order valence-corrected chi connectivity index (χ3v) is 8.06. The average Bonchev–Trinajstić information content (AvgIpc) is 3.25. The standard InChI is InChI=1S/C27H27BrN2O5S/c1-15-4-9-19-22(12-15)36-27-23(19)26(31)29-25(30-27)16-13-20(28)24(21(14-16)33-3)35-11-10-34-18-7-5-17(32-2)6-8-18/h5-8,13-15H,4,9-12H2,1-3H3,(H,29,30,31)/t15-/m0/s1. The van der Waals surface area contributed by atoms with Gasteiger partial charge in [-0.2, -0.15) is 0 Å². The van der Waals surface area contributed by atoms with Crippen LogP contribution in [0.15, 0.2) is 45.7 Å². The van der Waals surface area contributed by atoms with Crippen molar-refractivity contribution in [2.24, 2.45) is 5.92 Å². The quantitative estimate of drug-likeness (QED) is 0.261. The molecule has 2 aromatic heterocycles. The molecule has 0 spiro atoms. The molecule has 2 heterocycles. The number of halogens is 1. The number of hydrogen-bond acceptors (Lipinski definition) is 7. The number of aromatic amines is 1. The van der Waals surface area contributed by atoms with E-state index in [0.717, 1.165) is 46.5 Å². The number of nitrogens with zero attached hydrogens (tertiary/aromatic N) is 1. The van der Waals surface area contributed by atoms with Crippen LogP contribution < -0.4 is 24.5 Å². The molecular weight excluding hydrogens is 544 g/mol. The van der Waals surface area contributed by atoms with Gasteiger partial charge in [0.25, 0.3) is 5.56 Å². The maximum Gasteiger partial charge on any atom is 0.260 e. The van der Waals surface area contributed by atoms with E-state index in [9.17, 15) is 4.79 Å². The monoisotopic (exact) mass is 570 g/mol. The normalized spacial score (nSPS) is 14.9. The molecule has 188 valence electrons. The fraction of sp³-hybridized carbons (Fsp3) is 0.333. The zero-order valence-corrected chi connectivity index (χ0v) is 22.8. The first-order valence-electron chi connectivity index (χ1n) is 11.8. The Morgan fingerprint density at radius 2 is 1.83 bits per heavy atom. The highest BCUT2D eigenvalue weighted by molar-refractivity contribution is 9.10. The van der Waals surface area contributed by atoms with Gasteiger partial charge >= 0.3 is 0 Å². The first kappa shape index (κ1) is 24.6. The number of H-pyrrole nitrogens is 1. The van der Waals surface area contributed by atoms with Gasteiger partial charge in [0.2, 0.25) is 0 Å². The highest BCUT2D eigenvalue weighted by atomic mass is 79.9. The summed E-state index contributed by atoms with van der Waals surface area (Å²) in [6.45, 7) is 2.94. The SMILES string of the molecule is COc1ccc(OCCOc2c(Br)cc(-c3nc4sc5c(c4c(=O)[nH]3)CC[C@H](C)C5)cc2OC)cc1. The van der Waals surface area contributed by atoms with Gasteiger partial charge in [-0.25, -0.2) is 4.98 Å². The molecule has 7 nitrogen and oxygen atoms in total. The Balaban J connectivity index is 1.35. The summed E-state index contributed by atoms with van der Waals surface area (Å²) in [5.74, 6) is 3.74. The lowest BCUT2D eigenvalue weighted by Crippen LogP contribution is -2.13. The third kappa shape index (κ3) is 4.95. The van der Waals surface area contributed by atoms with E-state index in [0.29, 0.717) is 40.9 Å². The second-order valence-corrected chi connectivity index (χ2v) is 10.7. The predicted molar refractivity (Wildman–Crippen MR) is 145 cm³/mol. The van der Waals surface area contributed by atoms with Crippen LogP contribution in [0.5, 0.6) is 23.0 Å². The summed E-state index contributed by atoms with van der Waals surface area (Å²) in [6.07, 6.45) is 3.06. The molecule has 2 aromatic carbocycles. The summed E-state index contributed by atoms with van der Waals surface area (Å²) in [5, 5.41) is 0.744. The van der Waals surface area contributed by atoms with E-state index in [1.807, 2.05) is 36.4 Å². The van der Waals surface area contributed by atoms with Gasteiger partial charge in [0.05, 0.1) is 24.1 Å². The number of rotatable bonds is 8. The molecule has 0 fully saturated rings. The smallest absolute Gasteiger partial charge is 0.260 e. The Labute approximate surface area is 221 Å². The number of fused-ring (bicyclic) bond motifs is 3. The van der Waals surface area contributed by atoms with Gasteiger partial charge in [0.15, 0.2) is 11.5 Å². The first-order chi connectivity index (χ1) is 17.5. The molecule has 0 bridgehead atoms. The van der Waals surface area contributed by atoms with E-state index in [1.165, 1.54) is 10.4 Å². The molecule has 0 saturated carbocycles. The van der Waals surface area contributed by atoms with Gasteiger partial charge < -0.3 is 23.9 Å². The van der Waals surface area contributed by atoms with Crippen LogP contribution in [0, 0.1) is 5.92 Å². The molecule has 0 aliphatic heterocycles. The summed E-state index contributed by atoms with van der Waals surface area (Å²) in [7, 11) is 3.21. The van der Waals surface area contributed by atoms with E-state index >= 15 is 0 Å². The summed E-state index contributed by atoms with van der Waals surface area (Å²) < 4.78 is 23.2. The van der Waals surface area contributed by atoms with Crippen molar-refractivity contribution in [3.8, 4) is 34.4 Å². The molecule has 9 heteroatoms. The molecule has 0 radical (unpaired) electrons. The zero-order chi connectivity index (χ0) is 25.2. The van der Waals surface area contributed by atoms with E-state index in [1.54, 1.807) is 25.6 Å². The lowest BCUT2D eigenvalue weighted by molar-refractivity contribution is 0.210. The number of aromatic nitrogens is 2. The lowest BCUT2D eigenvalue weighted by atomic mass is 9.89. The highest BCUT2D eigenvalue weighted by Crippen LogP contribution is 2.40. The number of hydrogen-bond donors (Lipinski definition) is 1. The molecule has 0 amide bonds. The van der Waals surface area contributed by atoms with Crippen LogP contribution in [0.2, 0.25) is 0 Å². The molecule has 0 saturated heterocycles. The third-order valence-electron chi connectivity index (χ3n) is 6.33. The Morgan fingerprint density at radius 3 is 2.58 bits per heavy atom. The van der Waals surface area contributed by atoms with Crippen LogP contribution in [-0.4, -0.2) is 37.4 Å². The van der Waals surface area contributed by atoms with Crippen molar-refractivity contribution in [3.05, 3.63) is 61.7 Å². The molecule has 1 atom stereocenters. The fourth-order valence-corrected chi connectivity index (χ4v) is 6.40. The minimum Gasteiger partial charge on any atom is -0.497 e. The minimum atomic E-state index is -0.0897. The molecular formula is C27H27BrN2O5S. The van der Waals surface area contributed by atoms with Crippen LogP contribution in [-0.2, 0) is 12.8 Å². The lowest BCUT2D eigenvalue weighted by Gasteiger charge is -2.17. The van der Waals surface area contributed by atoms with Gasteiger partial charge in [0.1, 0.15) is 35.4 Å². The number of nitrogens with one attached hydrogen (secondary N) is 1. The number of ether oxygens (including phenoxy) is 4. The van der Waals surface area contributed by atoms with Gasteiger partial charge in [-0.05, 0) is 83.1 Å². The van der Waals surface area contributed by atoms with Gasteiger partial charge in [-0.15, -0.1) is 11.3 Å². The number of aryl methyl sites for hydroxylation is 1. The molecule has 5 rings (SSSR count). The largest absolute Gasteiger partial charge is 0.497 e. The van der Waals surface area contributed by atoms with Gasteiger partial charge in [0, 0.05) is 10.4 Å². The molecule has 4 aromatic rings. The molecule has 36 heavy (non-hydrogen) atoms. The molecule has 1 aliphatic carbocycles. The van der Waals surface area contributed by atoms with Crippen molar-refractivity contribution in [2.75, 3.05) is 27.4 Å². The summed E-state index contributed by atoms with van der Waals surface area (Å²) in [5.41, 5.74) is 1.82. The van der Waals surface area contributed by atoms with E-state index in [-0.39, 0.29) is 5.56 Å². The Morgan fingerprint density at radius 1 is 1.08 bits per heavy atom. The minimum absolute atomic E-state index is 0.0897. The topological polar surface area (TPSA) is 82.7 Å². The van der Waals surface area contributed by atoms with Gasteiger partial charge in [-0.1, -0.05) is 6.92 Å². The maximum absolute atomic E-state index is 13.0. The zero-order valence-electron chi connectivity index (χ0n) is 20.4. The van der Waals surface area contributed by atoms with Crippen molar-refractivity contribution in [2.45, 2.75) is 26.2 Å². The Hall–Kier alpha value is -3.04. The van der Waals surface area contributed by atoms with Crippen molar-refractivity contribution in [1.82, 2.24) is 9.97 Å². The molecule has 1 aliphatic rings. The van der Waals surface area contributed by atoms with Crippen molar-refractivity contribution in [1.29, 1.82) is 0 Å². The van der Waals surface area contributed by atoms with Crippen molar-refractivity contribution < 1.29 is 18.9 Å². The second-order valence-electron chi connectivity index (χ2n) is 8.81. The average molecular weight is 571 g/mol. The predicted octanol–water partition coefficient (Wildman–Crippen LogP) is 6.01. The highest BCUT2D eigenvalue weighted by Gasteiger charge is 2.23.